The van der Waals surface area contributed by atoms with Gasteiger partial charge < -0.3 is 10.2 Å². The minimum absolute atomic E-state index is 0.0155. The van der Waals surface area contributed by atoms with Crippen molar-refractivity contribution < 1.29 is 9.59 Å². The zero-order valence-corrected chi connectivity index (χ0v) is 15.7. The van der Waals surface area contributed by atoms with E-state index in [1.165, 1.54) is 6.92 Å². The minimum Gasteiger partial charge on any atom is -0.354 e. The van der Waals surface area contributed by atoms with Crippen molar-refractivity contribution in [2.75, 3.05) is 14.1 Å². The standard InChI is InChI=1S/C22H24N2O2/c1-16(23-17(2)25)15-20-9-7-18(8-10-20)5-6-19-11-13-21(14-12-19)22(26)24(3)4/h7-14,16H,15H2,1-4H3,(H,23,25). The van der Waals surface area contributed by atoms with Gasteiger partial charge in [0.25, 0.3) is 5.91 Å². The van der Waals surface area contributed by atoms with Crippen LogP contribution in [0.15, 0.2) is 48.5 Å². The van der Waals surface area contributed by atoms with Gasteiger partial charge in [-0.1, -0.05) is 24.0 Å². The lowest BCUT2D eigenvalue weighted by atomic mass is 10.0. The zero-order chi connectivity index (χ0) is 19.1. The molecule has 0 aliphatic rings. The van der Waals surface area contributed by atoms with E-state index in [2.05, 4.69) is 17.2 Å². The predicted octanol–water partition coefficient (Wildman–Crippen LogP) is 2.86. The molecular formula is C22H24N2O2. The molecule has 4 nitrogen and oxygen atoms in total. The first kappa shape index (κ1) is 19.3. The van der Waals surface area contributed by atoms with Crippen molar-refractivity contribution in [3.8, 4) is 11.8 Å². The highest BCUT2D eigenvalue weighted by molar-refractivity contribution is 5.93. The van der Waals surface area contributed by atoms with Crippen LogP contribution in [0.5, 0.6) is 0 Å². The predicted molar refractivity (Wildman–Crippen MR) is 104 cm³/mol. The second-order valence-electron chi connectivity index (χ2n) is 6.53. The van der Waals surface area contributed by atoms with Gasteiger partial charge in [0.1, 0.15) is 0 Å². The van der Waals surface area contributed by atoms with Crippen LogP contribution in [0.4, 0.5) is 0 Å². The Labute approximate surface area is 155 Å². The van der Waals surface area contributed by atoms with Crippen LogP contribution < -0.4 is 5.32 Å². The summed E-state index contributed by atoms with van der Waals surface area (Å²) in [6, 6.07) is 15.4. The number of hydrogen-bond donors (Lipinski definition) is 1. The summed E-state index contributed by atoms with van der Waals surface area (Å²) in [7, 11) is 3.47. The Balaban J connectivity index is 2.01. The molecule has 2 aromatic rings. The molecule has 0 aliphatic heterocycles. The lowest BCUT2D eigenvalue weighted by molar-refractivity contribution is -0.119. The zero-order valence-electron chi connectivity index (χ0n) is 15.7. The minimum atomic E-state index is -0.0198. The summed E-state index contributed by atoms with van der Waals surface area (Å²) in [5.74, 6) is 6.21. The molecule has 1 unspecified atom stereocenters. The topological polar surface area (TPSA) is 49.4 Å². The normalized spacial score (nSPS) is 11.1. The molecule has 0 saturated heterocycles. The number of benzene rings is 2. The van der Waals surface area contributed by atoms with Crippen molar-refractivity contribution in [1.82, 2.24) is 10.2 Å². The van der Waals surface area contributed by atoms with Gasteiger partial charge in [0.15, 0.2) is 0 Å². The largest absolute Gasteiger partial charge is 0.354 e. The van der Waals surface area contributed by atoms with E-state index in [9.17, 15) is 9.59 Å². The molecule has 2 amide bonds. The summed E-state index contributed by atoms with van der Waals surface area (Å²) in [6.07, 6.45) is 0.786. The van der Waals surface area contributed by atoms with Crippen molar-refractivity contribution in [3.05, 3.63) is 70.8 Å². The van der Waals surface area contributed by atoms with E-state index in [0.29, 0.717) is 5.56 Å². The van der Waals surface area contributed by atoms with Crippen LogP contribution in [0, 0.1) is 11.8 Å². The summed E-state index contributed by atoms with van der Waals surface area (Å²) in [5.41, 5.74) is 3.60. The highest BCUT2D eigenvalue weighted by Gasteiger charge is 2.06. The summed E-state index contributed by atoms with van der Waals surface area (Å²) in [6.45, 7) is 3.51. The average molecular weight is 348 g/mol. The van der Waals surface area contributed by atoms with Crippen LogP contribution >= 0.6 is 0 Å². The first-order valence-corrected chi connectivity index (χ1v) is 8.55. The number of nitrogens with one attached hydrogen (secondary N) is 1. The number of amides is 2. The Bertz CT molecular complexity index is 825. The maximum absolute atomic E-state index is 11.9. The molecule has 2 aromatic carbocycles. The third-order valence-corrected chi connectivity index (χ3v) is 3.83. The molecule has 0 heterocycles. The van der Waals surface area contributed by atoms with E-state index in [1.54, 1.807) is 31.1 Å². The van der Waals surface area contributed by atoms with E-state index in [1.807, 2.05) is 43.3 Å². The third kappa shape index (κ3) is 5.78. The maximum atomic E-state index is 11.9. The van der Waals surface area contributed by atoms with Crippen molar-refractivity contribution in [2.45, 2.75) is 26.3 Å². The quantitative estimate of drug-likeness (QED) is 0.864. The molecule has 0 spiro atoms. The molecule has 0 fully saturated rings. The Kier molecular flexibility index (Phi) is 6.57. The van der Waals surface area contributed by atoms with E-state index < -0.39 is 0 Å². The van der Waals surface area contributed by atoms with E-state index in [-0.39, 0.29) is 17.9 Å². The molecule has 1 N–H and O–H groups in total. The van der Waals surface area contributed by atoms with Crippen molar-refractivity contribution >= 4 is 11.8 Å². The van der Waals surface area contributed by atoms with Crippen LogP contribution in [-0.2, 0) is 11.2 Å². The molecule has 4 heteroatoms. The van der Waals surface area contributed by atoms with Crippen LogP contribution in [0.1, 0.15) is 40.9 Å². The fourth-order valence-corrected chi connectivity index (χ4v) is 2.57. The van der Waals surface area contributed by atoms with Crippen LogP contribution in [0.25, 0.3) is 0 Å². The molecule has 2 rings (SSSR count). The van der Waals surface area contributed by atoms with Crippen molar-refractivity contribution in [2.24, 2.45) is 0 Å². The van der Waals surface area contributed by atoms with Crippen molar-refractivity contribution in [3.63, 3.8) is 0 Å². The number of nitrogens with zero attached hydrogens (tertiary/aromatic N) is 1. The van der Waals surface area contributed by atoms with Crippen LogP contribution in [0.3, 0.4) is 0 Å². The summed E-state index contributed by atoms with van der Waals surface area (Å²) in [5, 5.41) is 2.88. The first-order valence-electron chi connectivity index (χ1n) is 8.55. The van der Waals surface area contributed by atoms with Gasteiger partial charge in [-0.25, -0.2) is 0 Å². The Morgan fingerprint density at radius 1 is 0.962 bits per heavy atom. The molecule has 26 heavy (non-hydrogen) atoms. The van der Waals surface area contributed by atoms with Gasteiger partial charge in [-0.15, -0.1) is 0 Å². The summed E-state index contributed by atoms with van der Waals surface area (Å²) >= 11 is 0. The number of carbonyl (C=O) groups excluding carboxylic acids is 2. The number of hydrogen-bond acceptors (Lipinski definition) is 2. The third-order valence-electron chi connectivity index (χ3n) is 3.83. The fraction of sp³-hybridized carbons (Fsp3) is 0.273. The van der Waals surface area contributed by atoms with E-state index in [0.717, 1.165) is 23.1 Å². The molecular weight excluding hydrogens is 324 g/mol. The van der Waals surface area contributed by atoms with Crippen LogP contribution in [0.2, 0.25) is 0 Å². The Hall–Kier alpha value is -3.06. The van der Waals surface area contributed by atoms with Gasteiger partial charge in [-0.2, -0.15) is 0 Å². The fourth-order valence-electron chi connectivity index (χ4n) is 2.57. The SMILES string of the molecule is CC(=O)NC(C)Cc1ccc(C#Cc2ccc(C(=O)N(C)C)cc2)cc1. The van der Waals surface area contributed by atoms with E-state index >= 15 is 0 Å². The smallest absolute Gasteiger partial charge is 0.253 e. The van der Waals surface area contributed by atoms with Gasteiger partial charge >= 0.3 is 0 Å². The molecule has 0 saturated carbocycles. The van der Waals surface area contributed by atoms with Crippen molar-refractivity contribution in [1.29, 1.82) is 0 Å². The highest BCUT2D eigenvalue weighted by atomic mass is 16.2. The van der Waals surface area contributed by atoms with Gasteiger partial charge in [0.2, 0.25) is 5.91 Å². The molecule has 1 atom stereocenters. The molecule has 0 bridgehead atoms. The highest BCUT2D eigenvalue weighted by Crippen LogP contribution is 2.08. The van der Waals surface area contributed by atoms with Gasteiger partial charge in [0.05, 0.1) is 0 Å². The summed E-state index contributed by atoms with van der Waals surface area (Å²) < 4.78 is 0. The molecule has 0 aliphatic carbocycles. The summed E-state index contributed by atoms with van der Waals surface area (Å²) in [4.78, 5) is 24.5. The monoisotopic (exact) mass is 348 g/mol. The maximum Gasteiger partial charge on any atom is 0.253 e. The average Bonchev–Trinajstić information content (AvgIpc) is 2.60. The Morgan fingerprint density at radius 3 is 1.92 bits per heavy atom. The number of carbonyl (C=O) groups is 2. The Morgan fingerprint density at radius 2 is 1.46 bits per heavy atom. The van der Waals surface area contributed by atoms with Gasteiger partial charge in [-0.05, 0) is 55.3 Å². The molecule has 0 radical (unpaired) electrons. The van der Waals surface area contributed by atoms with Crippen LogP contribution in [-0.4, -0.2) is 36.9 Å². The van der Waals surface area contributed by atoms with Gasteiger partial charge in [0, 0.05) is 43.8 Å². The van der Waals surface area contributed by atoms with Gasteiger partial charge in [-0.3, -0.25) is 9.59 Å². The lowest BCUT2D eigenvalue weighted by Gasteiger charge is -2.12. The second kappa shape index (κ2) is 8.87. The van der Waals surface area contributed by atoms with E-state index in [4.69, 9.17) is 0 Å². The molecule has 134 valence electrons. The molecule has 0 aromatic heterocycles. The first-order chi connectivity index (χ1) is 12.3. The number of rotatable bonds is 4. The second-order valence-corrected chi connectivity index (χ2v) is 6.53. The lowest BCUT2D eigenvalue weighted by Crippen LogP contribution is -2.31.